The number of hydrogen-bond donors (Lipinski definition) is 0. The lowest BCUT2D eigenvalue weighted by Gasteiger charge is -2.06. The molecule has 0 unspecified atom stereocenters. The van der Waals surface area contributed by atoms with E-state index in [1.807, 2.05) is 36.0 Å². The van der Waals surface area contributed by atoms with Crippen LogP contribution in [0.1, 0.15) is 28.7 Å². The summed E-state index contributed by atoms with van der Waals surface area (Å²) in [6, 6.07) is 16.9. The number of benzene rings is 2. The second-order valence-electron chi connectivity index (χ2n) is 4.84. The summed E-state index contributed by atoms with van der Waals surface area (Å²) in [6.45, 7) is 0. The van der Waals surface area contributed by atoms with Gasteiger partial charge in [0.05, 0.1) is 11.6 Å². The Morgan fingerprint density at radius 1 is 1.05 bits per heavy atom. The number of aryl methyl sites for hydroxylation is 2. The Labute approximate surface area is 118 Å². The Bertz CT molecular complexity index is 640. The average Bonchev–Trinajstić information content (AvgIpc) is 2.93. The Hall–Kier alpha value is -1.72. The molecule has 0 N–H and O–H groups in total. The van der Waals surface area contributed by atoms with Crippen LogP contribution in [0.2, 0.25) is 0 Å². The van der Waals surface area contributed by atoms with Gasteiger partial charge in [-0.25, -0.2) is 0 Å². The summed E-state index contributed by atoms with van der Waals surface area (Å²) in [5.41, 5.74) is 4.94. The van der Waals surface area contributed by atoms with Crippen LogP contribution in [0.15, 0.2) is 47.4 Å². The van der Waals surface area contributed by atoms with Crippen molar-refractivity contribution in [3.05, 3.63) is 64.7 Å². The van der Waals surface area contributed by atoms with Crippen LogP contribution in [-0.4, -0.2) is 0 Å². The molecule has 1 aliphatic rings. The van der Waals surface area contributed by atoms with E-state index < -0.39 is 0 Å². The third-order valence-corrected chi connectivity index (χ3v) is 4.64. The van der Waals surface area contributed by atoms with Gasteiger partial charge in [0.15, 0.2) is 0 Å². The summed E-state index contributed by atoms with van der Waals surface area (Å²) in [5, 5.41) is 9.08. The number of nitriles is 1. The minimum atomic E-state index is 0.788. The van der Waals surface area contributed by atoms with Gasteiger partial charge in [-0.15, -0.1) is 11.8 Å². The number of rotatable bonds is 3. The van der Waals surface area contributed by atoms with E-state index in [4.69, 9.17) is 5.26 Å². The predicted molar refractivity (Wildman–Crippen MR) is 79.2 cm³/mol. The number of nitrogens with zero attached hydrogens (tertiary/aromatic N) is 1. The third kappa shape index (κ3) is 2.67. The minimum Gasteiger partial charge on any atom is -0.192 e. The van der Waals surface area contributed by atoms with Gasteiger partial charge in [-0.1, -0.05) is 24.3 Å². The van der Waals surface area contributed by atoms with Crippen LogP contribution in [0.5, 0.6) is 0 Å². The number of fused-ring (bicyclic) bond motifs is 1. The summed E-state index contributed by atoms with van der Waals surface area (Å²) in [5.74, 6) is 0.864. The Kier molecular flexibility index (Phi) is 3.57. The molecule has 0 saturated carbocycles. The molecule has 1 aliphatic carbocycles. The highest BCUT2D eigenvalue weighted by atomic mass is 32.2. The molecule has 0 spiro atoms. The van der Waals surface area contributed by atoms with Crippen LogP contribution in [0.3, 0.4) is 0 Å². The summed E-state index contributed by atoms with van der Waals surface area (Å²) >= 11 is 1.82. The highest BCUT2D eigenvalue weighted by molar-refractivity contribution is 7.98. The van der Waals surface area contributed by atoms with Crippen molar-refractivity contribution in [3.63, 3.8) is 0 Å². The van der Waals surface area contributed by atoms with Crippen LogP contribution in [0.4, 0.5) is 0 Å². The summed E-state index contributed by atoms with van der Waals surface area (Å²) in [6.07, 6.45) is 3.75. The first-order valence-electron chi connectivity index (χ1n) is 6.59. The lowest BCUT2D eigenvalue weighted by atomic mass is 10.1. The first-order chi connectivity index (χ1) is 9.36. The van der Waals surface area contributed by atoms with Crippen molar-refractivity contribution >= 4 is 11.8 Å². The van der Waals surface area contributed by atoms with Crippen LogP contribution in [0, 0.1) is 11.3 Å². The molecular formula is C17H15NS. The molecule has 0 fully saturated rings. The molecule has 0 aliphatic heterocycles. The molecule has 94 valence electrons. The molecule has 3 rings (SSSR count). The van der Waals surface area contributed by atoms with Gasteiger partial charge >= 0.3 is 0 Å². The molecule has 1 nitrogen and oxygen atoms in total. The van der Waals surface area contributed by atoms with Crippen molar-refractivity contribution < 1.29 is 0 Å². The van der Waals surface area contributed by atoms with Crippen molar-refractivity contribution in [2.24, 2.45) is 0 Å². The van der Waals surface area contributed by atoms with E-state index in [1.165, 1.54) is 35.3 Å². The monoisotopic (exact) mass is 265 g/mol. The van der Waals surface area contributed by atoms with Gasteiger partial charge in [0.2, 0.25) is 0 Å². The zero-order valence-electron chi connectivity index (χ0n) is 10.7. The lowest BCUT2D eigenvalue weighted by molar-refractivity contribution is 0.911. The van der Waals surface area contributed by atoms with Gasteiger partial charge in [-0.3, -0.25) is 0 Å². The zero-order chi connectivity index (χ0) is 13.1. The van der Waals surface area contributed by atoms with Gasteiger partial charge in [0, 0.05) is 10.6 Å². The quantitative estimate of drug-likeness (QED) is 0.771. The van der Waals surface area contributed by atoms with Crippen molar-refractivity contribution in [1.82, 2.24) is 0 Å². The highest BCUT2D eigenvalue weighted by Crippen LogP contribution is 2.29. The number of hydrogen-bond acceptors (Lipinski definition) is 2. The molecule has 0 amide bonds. The molecular weight excluding hydrogens is 250 g/mol. The molecule has 0 atom stereocenters. The largest absolute Gasteiger partial charge is 0.192 e. The fourth-order valence-corrected chi connectivity index (χ4v) is 3.52. The van der Waals surface area contributed by atoms with Crippen molar-refractivity contribution in [2.45, 2.75) is 29.9 Å². The first-order valence-corrected chi connectivity index (χ1v) is 7.58. The van der Waals surface area contributed by atoms with Crippen molar-refractivity contribution in [2.75, 3.05) is 0 Å². The van der Waals surface area contributed by atoms with Crippen LogP contribution >= 0.6 is 11.8 Å². The molecule has 0 aromatic heterocycles. The molecule has 19 heavy (non-hydrogen) atoms. The highest BCUT2D eigenvalue weighted by Gasteiger charge is 2.11. The van der Waals surface area contributed by atoms with E-state index in [-0.39, 0.29) is 0 Å². The Balaban J connectivity index is 1.74. The molecule has 0 radical (unpaired) electrons. The van der Waals surface area contributed by atoms with E-state index in [0.29, 0.717) is 0 Å². The SMILES string of the molecule is N#Cc1ccccc1CSc1ccc2c(c1)CCC2. The second kappa shape index (κ2) is 5.50. The van der Waals surface area contributed by atoms with E-state index in [9.17, 15) is 0 Å². The van der Waals surface area contributed by atoms with Gasteiger partial charge in [-0.2, -0.15) is 5.26 Å². The van der Waals surface area contributed by atoms with E-state index >= 15 is 0 Å². The standard InChI is InChI=1S/C17H15NS/c18-11-15-4-1-2-5-16(15)12-19-17-9-8-13-6-3-7-14(13)10-17/h1-2,4-5,8-10H,3,6-7,12H2. The fourth-order valence-electron chi connectivity index (χ4n) is 2.55. The lowest BCUT2D eigenvalue weighted by Crippen LogP contribution is -1.87. The smallest absolute Gasteiger partial charge is 0.0994 e. The van der Waals surface area contributed by atoms with Gasteiger partial charge < -0.3 is 0 Å². The first kappa shape index (κ1) is 12.3. The summed E-state index contributed by atoms with van der Waals surface area (Å²) in [4.78, 5) is 1.31. The minimum absolute atomic E-state index is 0.788. The fraction of sp³-hybridized carbons (Fsp3) is 0.235. The molecule has 2 aromatic rings. The van der Waals surface area contributed by atoms with Crippen LogP contribution < -0.4 is 0 Å². The normalized spacial score (nSPS) is 13.0. The predicted octanol–water partition coefficient (Wildman–Crippen LogP) is 4.34. The molecule has 0 heterocycles. The van der Waals surface area contributed by atoms with Crippen LogP contribution in [-0.2, 0) is 18.6 Å². The Morgan fingerprint density at radius 3 is 2.79 bits per heavy atom. The average molecular weight is 265 g/mol. The van der Waals surface area contributed by atoms with Gasteiger partial charge in [0.1, 0.15) is 0 Å². The number of thioether (sulfide) groups is 1. The Morgan fingerprint density at radius 2 is 1.89 bits per heavy atom. The maximum Gasteiger partial charge on any atom is 0.0994 e. The molecule has 2 heteroatoms. The third-order valence-electron chi connectivity index (χ3n) is 3.60. The molecule has 2 aromatic carbocycles. The van der Waals surface area contributed by atoms with Crippen molar-refractivity contribution in [1.29, 1.82) is 5.26 Å². The molecule has 0 bridgehead atoms. The zero-order valence-corrected chi connectivity index (χ0v) is 11.5. The summed E-state index contributed by atoms with van der Waals surface area (Å²) in [7, 11) is 0. The maximum atomic E-state index is 9.08. The summed E-state index contributed by atoms with van der Waals surface area (Å²) < 4.78 is 0. The van der Waals surface area contributed by atoms with E-state index in [2.05, 4.69) is 24.3 Å². The van der Waals surface area contributed by atoms with Gasteiger partial charge in [0.25, 0.3) is 0 Å². The van der Waals surface area contributed by atoms with Crippen molar-refractivity contribution in [3.8, 4) is 6.07 Å². The topological polar surface area (TPSA) is 23.8 Å². The second-order valence-corrected chi connectivity index (χ2v) is 5.89. The van der Waals surface area contributed by atoms with E-state index in [0.717, 1.165) is 16.9 Å². The van der Waals surface area contributed by atoms with Crippen LogP contribution in [0.25, 0.3) is 0 Å². The molecule has 0 saturated heterocycles. The van der Waals surface area contributed by atoms with E-state index in [1.54, 1.807) is 0 Å². The maximum absolute atomic E-state index is 9.08. The van der Waals surface area contributed by atoms with Gasteiger partial charge in [-0.05, 0) is 54.2 Å².